The number of carbonyl (C=O) groups excluding carboxylic acids is 3. The van der Waals surface area contributed by atoms with Crippen molar-refractivity contribution in [2.75, 3.05) is 28.7 Å². The van der Waals surface area contributed by atoms with E-state index in [1.54, 1.807) is 37.3 Å². The lowest BCUT2D eigenvalue weighted by Crippen LogP contribution is -2.37. The zero-order valence-corrected chi connectivity index (χ0v) is 15.8. The Labute approximate surface area is 167 Å². The van der Waals surface area contributed by atoms with Crippen LogP contribution in [-0.2, 0) is 19.1 Å². The predicted octanol–water partition coefficient (Wildman–Crippen LogP) is 3.06. The molecule has 2 amide bonds. The lowest BCUT2D eigenvalue weighted by molar-refractivity contribution is -0.142. The summed E-state index contributed by atoms with van der Waals surface area (Å²) in [6.07, 6.45) is 1.15. The standard InChI is InChI=1S/C21H20FN3O4/c1-2-29-21(28)12-14-11-20(27)25(18-10-6-5-9-17(18)23-14)13-19(26)24-16-8-4-3-7-15(16)22/h3-11,23H,2,12-13H2,1H3,(H,24,26). The summed E-state index contributed by atoms with van der Waals surface area (Å²) in [6.45, 7) is 1.61. The molecule has 2 aromatic carbocycles. The molecule has 1 aliphatic heterocycles. The molecule has 29 heavy (non-hydrogen) atoms. The van der Waals surface area contributed by atoms with Crippen LogP contribution in [0.4, 0.5) is 21.5 Å². The van der Waals surface area contributed by atoms with Crippen LogP contribution in [0.2, 0.25) is 0 Å². The summed E-state index contributed by atoms with van der Waals surface area (Å²) in [6, 6.07) is 12.7. The van der Waals surface area contributed by atoms with Crippen LogP contribution < -0.4 is 15.5 Å². The first-order valence-electron chi connectivity index (χ1n) is 9.06. The highest BCUT2D eigenvalue weighted by atomic mass is 19.1. The highest BCUT2D eigenvalue weighted by molar-refractivity contribution is 6.10. The Morgan fingerprint density at radius 2 is 1.86 bits per heavy atom. The number of amides is 2. The van der Waals surface area contributed by atoms with Crippen molar-refractivity contribution < 1.29 is 23.5 Å². The second-order valence-electron chi connectivity index (χ2n) is 6.25. The first kappa shape index (κ1) is 20.1. The van der Waals surface area contributed by atoms with Gasteiger partial charge >= 0.3 is 5.97 Å². The van der Waals surface area contributed by atoms with Crippen molar-refractivity contribution in [1.82, 2.24) is 0 Å². The van der Waals surface area contributed by atoms with Crippen LogP contribution in [0.1, 0.15) is 13.3 Å². The van der Waals surface area contributed by atoms with E-state index in [0.29, 0.717) is 17.1 Å². The van der Waals surface area contributed by atoms with Crippen molar-refractivity contribution in [3.8, 4) is 0 Å². The monoisotopic (exact) mass is 397 g/mol. The molecule has 0 unspecified atom stereocenters. The Morgan fingerprint density at radius 1 is 1.14 bits per heavy atom. The SMILES string of the molecule is CCOC(=O)CC1=CC(=O)N(CC(=O)Nc2ccccc2F)c2ccccc2N1. The van der Waals surface area contributed by atoms with Crippen LogP contribution in [0.5, 0.6) is 0 Å². The number of hydrogen-bond acceptors (Lipinski definition) is 5. The molecule has 150 valence electrons. The molecular weight excluding hydrogens is 377 g/mol. The van der Waals surface area contributed by atoms with E-state index in [1.165, 1.54) is 29.2 Å². The van der Waals surface area contributed by atoms with Crippen molar-refractivity contribution in [3.05, 3.63) is 66.1 Å². The van der Waals surface area contributed by atoms with E-state index in [2.05, 4.69) is 10.6 Å². The van der Waals surface area contributed by atoms with E-state index in [1.807, 2.05) is 0 Å². The van der Waals surface area contributed by atoms with Crippen molar-refractivity contribution in [3.63, 3.8) is 0 Å². The van der Waals surface area contributed by atoms with E-state index in [0.717, 1.165) is 0 Å². The average Bonchev–Trinajstić information content (AvgIpc) is 2.80. The molecule has 8 heteroatoms. The van der Waals surface area contributed by atoms with Gasteiger partial charge in [-0.3, -0.25) is 19.3 Å². The third-order valence-corrected chi connectivity index (χ3v) is 4.14. The van der Waals surface area contributed by atoms with Crippen LogP contribution in [0.15, 0.2) is 60.3 Å². The van der Waals surface area contributed by atoms with E-state index >= 15 is 0 Å². The molecule has 2 N–H and O–H groups in total. The van der Waals surface area contributed by atoms with Gasteiger partial charge in [-0.1, -0.05) is 24.3 Å². The quantitative estimate of drug-likeness (QED) is 0.732. The minimum Gasteiger partial charge on any atom is -0.466 e. The van der Waals surface area contributed by atoms with Gasteiger partial charge in [0.1, 0.15) is 12.4 Å². The van der Waals surface area contributed by atoms with Crippen LogP contribution in [0.25, 0.3) is 0 Å². The molecule has 0 saturated carbocycles. The van der Waals surface area contributed by atoms with Crippen molar-refractivity contribution in [2.24, 2.45) is 0 Å². The lowest BCUT2D eigenvalue weighted by Gasteiger charge is -2.21. The number of anilines is 3. The second-order valence-corrected chi connectivity index (χ2v) is 6.25. The number of hydrogen-bond donors (Lipinski definition) is 2. The molecule has 0 radical (unpaired) electrons. The fourth-order valence-electron chi connectivity index (χ4n) is 2.89. The van der Waals surface area contributed by atoms with Crippen molar-refractivity contribution in [2.45, 2.75) is 13.3 Å². The molecule has 2 aromatic rings. The highest BCUT2D eigenvalue weighted by Gasteiger charge is 2.25. The molecule has 3 rings (SSSR count). The number of esters is 1. The topological polar surface area (TPSA) is 87.7 Å². The summed E-state index contributed by atoms with van der Waals surface area (Å²) in [4.78, 5) is 38.3. The summed E-state index contributed by atoms with van der Waals surface area (Å²) >= 11 is 0. The van der Waals surface area contributed by atoms with E-state index < -0.39 is 23.6 Å². The highest BCUT2D eigenvalue weighted by Crippen LogP contribution is 2.30. The zero-order chi connectivity index (χ0) is 20.8. The summed E-state index contributed by atoms with van der Waals surface area (Å²) in [5.74, 6) is -2.07. The van der Waals surface area contributed by atoms with E-state index in [4.69, 9.17) is 4.74 Å². The van der Waals surface area contributed by atoms with Gasteiger partial charge in [-0.15, -0.1) is 0 Å². The third-order valence-electron chi connectivity index (χ3n) is 4.14. The molecule has 0 bridgehead atoms. The number of benzene rings is 2. The molecule has 1 heterocycles. The van der Waals surface area contributed by atoms with E-state index in [-0.39, 0.29) is 25.3 Å². The van der Waals surface area contributed by atoms with Gasteiger partial charge in [0.2, 0.25) is 5.91 Å². The molecule has 0 fully saturated rings. The van der Waals surface area contributed by atoms with Gasteiger partial charge < -0.3 is 15.4 Å². The predicted molar refractivity (Wildman–Crippen MR) is 107 cm³/mol. The second kappa shape index (κ2) is 9.01. The molecule has 0 saturated heterocycles. The first-order valence-corrected chi connectivity index (χ1v) is 9.06. The Kier molecular flexibility index (Phi) is 6.23. The molecule has 7 nitrogen and oxygen atoms in total. The number of halogens is 1. The van der Waals surface area contributed by atoms with Gasteiger partial charge in [0.25, 0.3) is 5.91 Å². The molecular formula is C21H20FN3O4. The minimum atomic E-state index is -0.568. The molecule has 0 aliphatic carbocycles. The number of rotatable bonds is 6. The van der Waals surface area contributed by atoms with Crippen LogP contribution in [0, 0.1) is 5.82 Å². The maximum Gasteiger partial charge on any atom is 0.311 e. The number of para-hydroxylation sites is 3. The summed E-state index contributed by atoms with van der Waals surface area (Å²) in [7, 11) is 0. The molecule has 0 atom stereocenters. The van der Waals surface area contributed by atoms with Gasteiger partial charge in [0, 0.05) is 11.8 Å². The van der Waals surface area contributed by atoms with Crippen LogP contribution in [-0.4, -0.2) is 30.9 Å². The third kappa shape index (κ3) is 4.98. The molecule has 0 aromatic heterocycles. The van der Waals surface area contributed by atoms with Crippen molar-refractivity contribution >= 4 is 34.8 Å². The van der Waals surface area contributed by atoms with Gasteiger partial charge in [-0.05, 0) is 31.2 Å². The number of carbonyl (C=O) groups is 3. The lowest BCUT2D eigenvalue weighted by atomic mass is 10.2. The van der Waals surface area contributed by atoms with Crippen molar-refractivity contribution in [1.29, 1.82) is 0 Å². The van der Waals surface area contributed by atoms with Gasteiger partial charge in [-0.25, -0.2) is 4.39 Å². The molecule has 0 spiro atoms. The van der Waals surface area contributed by atoms with Gasteiger partial charge in [0.05, 0.1) is 30.1 Å². The smallest absolute Gasteiger partial charge is 0.311 e. The fraction of sp³-hybridized carbons (Fsp3) is 0.190. The van der Waals surface area contributed by atoms with Crippen LogP contribution >= 0.6 is 0 Å². The average molecular weight is 397 g/mol. The maximum atomic E-state index is 13.8. The zero-order valence-electron chi connectivity index (χ0n) is 15.8. The Bertz CT molecular complexity index is 974. The van der Waals surface area contributed by atoms with E-state index in [9.17, 15) is 18.8 Å². The normalized spacial score (nSPS) is 13.0. The van der Waals surface area contributed by atoms with Crippen LogP contribution in [0.3, 0.4) is 0 Å². The summed E-state index contributed by atoms with van der Waals surface area (Å²) < 4.78 is 18.7. The molecule has 1 aliphatic rings. The number of nitrogens with zero attached hydrogens (tertiary/aromatic N) is 1. The Balaban J connectivity index is 1.82. The summed E-state index contributed by atoms with van der Waals surface area (Å²) in [5.41, 5.74) is 1.42. The fourth-order valence-corrected chi connectivity index (χ4v) is 2.89. The minimum absolute atomic E-state index is 0.0322. The maximum absolute atomic E-state index is 13.8. The number of fused-ring (bicyclic) bond motifs is 1. The summed E-state index contributed by atoms with van der Waals surface area (Å²) in [5, 5.41) is 5.51. The number of ether oxygens (including phenoxy) is 1. The largest absolute Gasteiger partial charge is 0.466 e. The van der Waals surface area contributed by atoms with Gasteiger partial charge in [-0.2, -0.15) is 0 Å². The number of nitrogens with one attached hydrogen (secondary N) is 2. The Morgan fingerprint density at radius 3 is 2.62 bits per heavy atom. The Hall–Kier alpha value is -3.68. The first-order chi connectivity index (χ1) is 14.0. The van der Waals surface area contributed by atoms with Gasteiger partial charge in [0.15, 0.2) is 0 Å².